The minimum Gasteiger partial charge on any atom is -0.278 e. The summed E-state index contributed by atoms with van der Waals surface area (Å²) in [7, 11) is -3.58. The Bertz CT molecular complexity index is 755. The number of hydrogen-bond donors (Lipinski definition) is 1. The zero-order valence-corrected chi connectivity index (χ0v) is 15.3. The molecule has 0 amide bonds. The third-order valence-corrected chi connectivity index (χ3v) is 5.78. The van der Waals surface area contributed by atoms with Gasteiger partial charge in [0.15, 0.2) is 0 Å². The molecule has 2 aromatic carbocycles. The summed E-state index contributed by atoms with van der Waals surface area (Å²) in [5.74, 6) is 0.427. The smallest absolute Gasteiger partial charge is 0.261 e. The predicted molar refractivity (Wildman–Crippen MR) is 94.8 cm³/mol. The van der Waals surface area contributed by atoms with Crippen LogP contribution < -0.4 is 4.72 Å². The number of sulfonamides is 1. The molecule has 0 saturated heterocycles. The van der Waals surface area contributed by atoms with Gasteiger partial charge in [-0.15, -0.1) is 0 Å². The maximum atomic E-state index is 12.5. The monoisotopic (exact) mass is 381 g/mol. The molecule has 0 aliphatic carbocycles. The lowest BCUT2D eigenvalue weighted by Crippen LogP contribution is -2.13. The Morgan fingerprint density at radius 2 is 1.77 bits per heavy atom. The van der Waals surface area contributed by atoms with Gasteiger partial charge in [0, 0.05) is 4.47 Å². The summed E-state index contributed by atoms with van der Waals surface area (Å²) in [5.41, 5.74) is 2.75. The summed E-state index contributed by atoms with van der Waals surface area (Å²) < 4.78 is 28.3. The summed E-state index contributed by atoms with van der Waals surface area (Å²) in [6, 6.07) is 12.6. The van der Waals surface area contributed by atoms with Crippen molar-refractivity contribution in [2.24, 2.45) is 0 Å². The van der Waals surface area contributed by atoms with Crippen LogP contribution in [0.3, 0.4) is 0 Å². The van der Waals surface area contributed by atoms with E-state index in [1.54, 1.807) is 18.2 Å². The van der Waals surface area contributed by atoms with Crippen LogP contribution in [0.25, 0.3) is 0 Å². The van der Waals surface area contributed by atoms with Crippen LogP contribution in [-0.2, 0) is 10.0 Å². The van der Waals surface area contributed by atoms with Crippen LogP contribution in [0.4, 0.5) is 5.69 Å². The summed E-state index contributed by atoms with van der Waals surface area (Å²) in [6.45, 7) is 6.20. The van der Waals surface area contributed by atoms with Crippen molar-refractivity contribution >= 4 is 31.6 Å². The first-order valence-electron chi connectivity index (χ1n) is 7.22. The SMILES string of the molecule is CCC(C)c1ccc(S(=O)(=O)Nc2ccc(C)cc2Br)cc1. The second-order valence-electron chi connectivity index (χ2n) is 5.47. The van der Waals surface area contributed by atoms with E-state index in [4.69, 9.17) is 0 Å². The van der Waals surface area contributed by atoms with Gasteiger partial charge >= 0.3 is 0 Å². The zero-order valence-electron chi connectivity index (χ0n) is 12.9. The molecular formula is C17H20BrNO2S. The van der Waals surface area contributed by atoms with Crippen molar-refractivity contribution in [3.63, 3.8) is 0 Å². The van der Waals surface area contributed by atoms with Gasteiger partial charge in [0.05, 0.1) is 10.6 Å². The lowest BCUT2D eigenvalue weighted by Gasteiger charge is -2.12. The normalized spacial score (nSPS) is 12.9. The topological polar surface area (TPSA) is 46.2 Å². The number of benzene rings is 2. The van der Waals surface area contributed by atoms with Crippen molar-refractivity contribution in [3.05, 3.63) is 58.1 Å². The Balaban J connectivity index is 2.26. The highest BCUT2D eigenvalue weighted by atomic mass is 79.9. The van der Waals surface area contributed by atoms with E-state index in [0.29, 0.717) is 11.6 Å². The molecule has 0 aliphatic heterocycles. The predicted octanol–water partition coefficient (Wildman–Crippen LogP) is 5.07. The van der Waals surface area contributed by atoms with Crippen molar-refractivity contribution in [1.82, 2.24) is 0 Å². The quantitative estimate of drug-likeness (QED) is 0.785. The molecule has 1 N–H and O–H groups in total. The molecule has 5 heteroatoms. The summed E-state index contributed by atoms with van der Waals surface area (Å²) in [4.78, 5) is 0.270. The molecule has 1 unspecified atom stereocenters. The summed E-state index contributed by atoms with van der Waals surface area (Å²) >= 11 is 3.39. The Labute approximate surface area is 140 Å². The third kappa shape index (κ3) is 3.90. The van der Waals surface area contributed by atoms with E-state index in [-0.39, 0.29) is 4.90 Å². The number of aryl methyl sites for hydroxylation is 1. The zero-order chi connectivity index (χ0) is 16.3. The lowest BCUT2D eigenvalue weighted by molar-refractivity contribution is 0.601. The van der Waals surface area contributed by atoms with Crippen molar-refractivity contribution in [2.45, 2.75) is 38.0 Å². The highest BCUT2D eigenvalue weighted by Gasteiger charge is 2.16. The van der Waals surface area contributed by atoms with Gasteiger partial charge in [0.1, 0.15) is 0 Å². The standard InChI is InChI=1S/C17H20BrNO2S/c1-4-13(3)14-6-8-15(9-7-14)22(20,21)19-17-10-5-12(2)11-16(17)18/h5-11,13,19H,4H2,1-3H3. The van der Waals surface area contributed by atoms with E-state index in [1.807, 2.05) is 31.2 Å². The van der Waals surface area contributed by atoms with Crippen molar-refractivity contribution in [2.75, 3.05) is 4.72 Å². The fraction of sp³-hybridized carbons (Fsp3) is 0.294. The average Bonchev–Trinajstić information content (AvgIpc) is 2.49. The van der Waals surface area contributed by atoms with Gasteiger partial charge in [0.25, 0.3) is 10.0 Å². The minimum absolute atomic E-state index is 0.270. The van der Waals surface area contributed by atoms with Gasteiger partial charge < -0.3 is 0 Å². The number of halogens is 1. The van der Waals surface area contributed by atoms with Crippen LogP contribution in [0.15, 0.2) is 51.8 Å². The maximum Gasteiger partial charge on any atom is 0.261 e. The van der Waals surface area contributed by atoms with E-state index in [2.05, 4.69) is 34.5 Å². The van der Waals surface area contributed by atoms with E-state index in [1.165, 1.54) is 0 Å². The highest BCUT2D eigenvalue weighted by Crippen LogP contribution is 2.27. The van der Waals surface area contributed by atoms with Gasteiger partial charge in [-0.25, -0.2) is 8.42 Å². The van der Waals surface area contributed by atoms with Crippen LogP contribution in [0.5, 0.6) is 0 Å². The fourth-order valence-corrected chi connectivity index (χ4v) is 3.92. The van der Waals surface area contributed by atoms with Crippen LogP contribution in [0.2, 0.25) is 0 Å². The molecule has 0 aromatic heterocycles. The molecule has 22 heavy (non-hydrogen) atoms. The first kappa shape index (κ1) is 17.0. The molecule has 0 spiro atoms. The Morgan fingerprint density at radius 1 is 1.14 bits per heavy atom. The Morgan fingerprint density at radius 3 is 2.32 bits per heavy atom. The second-order valence-corrected chi connectivity index (χ2v) is 8.00. The molecule has 0 fully saturated rings. The molecular weight excluding hydrogens is 362 g/mol. The molecule has 2 aromatic rings. The van der Waals surface area contributed by atoms with Crippen LogP contribution >= 0.6 is 15.9 Å². The Kier molecular flexibility index (Phi) is 5.29. The molecule has 0 heterocycles. The Hall–Kier alpha value is -1.33. The van der Waals surface area contributed by atoms with Crippen molar-refractivity contribution in [1.29, 1.82) is 0 Å². The van der Waals surface area contributed by atoms with E-state index in [0.717, 1.165) is 22.0 Å². The highest BCUT2D eigenvalue weighted by molar-refractivity contribution is 9.10. The number of nitrogens with one attached hydrogen (secondary N) is 1. The largest absolute Gasteiger partial charge is 0.278 e. The molecule has 0 aliphatic rings. The minimum atomic E-state index is -3.58. The first-order chi connectivity index (χ1) is 10.3. The fourth-order valence-electron chi connectivity index (χ4n) is 2.12. The number of anilines is 1. The van der Waals surface area contributed by atoms with Gasteiger partial charge in [-0.05, 0) is 70.6 Å². The van der Waals surface area contributed by atoms with Gasteiger partial charge in [0.2, 0.25) is 0 Å². The maximum absolute atomic E-state index is 12.5. The molecule has 118 valence electrons. The van der Waals surface area contributed by atoms with Gasteiger partial charge in [-0.3, -0.25) is 4.72 Å². The van der Waals surface area contributed by atoms with Gasteiger partial charge in [-0.2, -0.15) is 0 Å². The van der Waals surface area contributed by atoms with E-state index < -0.39 is 10.0 Å². The van der Waals surface area contributed by atoms with Crippen LogP contribution in [0.1, 0.15) is 37.3 Å². The molecule has 0 bridgehead atoms. The second kappa shape index (κ2) is 6.84. The first-order valence-corrected chi connectivity index (χ1v) is 9.50. The van der Waals surface area contributed by atoms with Crippen LogP contribution in [0, 0.1) is 6.92 Å². The van der Waals surface area contributed by atoms with Crippen molar-refractivity contribution < 1.29 is 8.42 Å². The van der Waals surface area contributed by atoms with Crippen molar-refractivity contribution in [3.8, 4) is 0 Å². The summed E-state index contributed by atoms with van der Waals surface area (Å²) in [5, 5.41) is 0. The molecule has 0 saturated carbocycles. The number of hydrogen-bond acceptors (Lipinski definition) is 2. The van der Waals surface area contributed by atoms with Gasteiger partial charge in [-0.1, -0.05) is 32.0 Å². The van der Waals surface area contributed by atoms with E-state index >= 15 is 0 Å². The van der Waals surface area contributed by atoms with Crippen LogP contribution in [-0.4, -0.2) is 8.42 Å². The molecule has 2 rings (SSSR count). The van der Waals surface area contributed by atoms with E-state index in [9.17, 15) is 8.42 Å². The summed E-state index contributed by atoms with van der Waals surface area (Å²) in [6.07, 6.45) is 1.03. The number of rotatable bonds is 5. The average molecular weight is 382 g/mol. The molecule has 0 radical (unpaired) electrons. The molecule has 3 nitrogen and oxygen atoms in total. The third-order valence-electron chi connectivity index (χ3n) is 3.74. The molecule has 1 atom stereocenters. The lowest BCUT2D eigenvalue weighted by atomic mass is 9.99.